The molecule has 0 fully saturated rings. The zero-order chi connectivity index (χ0) is 11.2. The molecule has 0 atom stereocenters. The molecule has 0 aliphatic heterocycles. The van der Waals surface area contributed by atoms with E-state index in [2.05, 4.69) is 11.1 Å². The summed E-state index contributed by atoms with van der Waals surface area (Å²) in [6.07, 6.45) is 8.98. The number of aromatic nitrogens is 2. The minimum absolute atomic E-state index is 0.181. The Bertz CT molecular complexity index is 461. The molecule has 0 amide bonds. The summed E-state index contributed by atoms with van der Waals surface area (Å²) in [5.41, 5.74) is 2.28. The van der Waals surface area contributed by atoms with Gasteiger partial charge < -0.3 is 4.57 Å². The zero-order valence-electron chi connectivity index (χ0n) is 8.91. The third kappa shape index (κ3) is 2.58. The quantitative estimate of drug-likeness (QED) is 0.768. The smallest absolute Gasteiger partial charge is 0.101 e. The van der Waals surface area contributed by atoms with E-state index in [1.807, 2.05) is 35.0 Å². The Labute approximate surface area is 94.7 Å². The van der Waals surface area contributed by atoms with Crippen LogP contribution in [0.3, 0.4) is 0 Å². The molecule has 3 nitrogen and oxygen atoms in total. The second-order valence-electron chi connectivity index (χ2n) is 3.50. The van der Waals surface area contributed by atoms with Crippen molar-refractivity contribution in [1.29, 1.82) is 0 Å². The first-order valence-corrected chi connectivity index (χ1v) is 5.18. The van der Waals surface area contributed by atoms with E-state index in [0.29, 0.717) is 0 Å². The molecule has 3 heteroatoms. The molecule has 0 saturated carbocycles. The number of imidazole rings is 1. The Morgan fingerprint density at radius 3 is 2.94 bits per heavy atom. The number of rotatable bonds is 4. The van der Waals surface area contributed by atoms with Crippen LogP contribution in [0.4, 0.5) is 0 Å². The lowest BCUT2D eigenvalue weighted by atomic mass is 10.1. The largest absolute Gasteiger partial charge is 0.333 e. The molecule has 1 radical (unpaired) electrons. The van der Waals surface area contributed by atoms with E-state index in [4.69, 9.17) is 0 Å². The highest BCUT2D eigenvalue weighted by Gasteiger charge is 1.99. The van der Waals surface area contributed by atoms with Crippen molar-refractivity contribution in [3.05, 3.63) is 60.2 Å². The molecular formula is C13H13N2O. The molecule has 1 heterocycles. The van der Waals surface area contributed by atoms with Crippen LogP contribution in [0.2, 0.25) is 0 Å². The van der Waals surface area contributed by atoms with Crippen molar-refractivity contribution in [2.75, 3.05) is 6.61 Å². The summed E-state index contributed by atoms with van der Waals surface area (Å²) < 4.78 is 2.00. The fourth-order valence-corrected chi connectivity index (χ4v) is 1.59. The van der Waals surface area contributed by atoms with Crippen LogP contribution in [0.25, 0.3) is 6.08 Å². The second-order valence-corrected chi connectivity index (χ2v) is 3.50. The topological polar surface area (TPSA) is 37.7 Å². The molecule has 2 rings (SSSR count). The Kier molecular flexibility index (Phi) is 3.51. The maximum atomic E-state index is 10.4. The summed E-state index contributed by atoms with van der Waals surface area (Å²) in [6.45, 7) is 0.596. The molecule has 1 aromatic heterocycles. The van der Waals surface area contributed by atoms with Crippen LogP contribution in [0, 0.1) is 0 Å². The predicted molar refractivity (Wildman–Crippen MR) is 62.4 cm³/mol. The van der Waals surface area contributed by atoms with Crippen molar-refractivity contribution in [3.63, 3.8) is 0 Å². The van der Waals surface area contributed by atoms with Gasteiger partial charge in [0.1, 0.15) is 6.61 Å². The van der Waals surface area contributed by atoms with E-state index in [1.165, 1.54) is 5.56 Å². The lowest BCUT2D eigenvalue weighted by Crippen LogP contribution is -1.98. The number of hydrogen-bond acceptors (Lipinski definition) is 1. The fourth-order valence-electron chi connectivity index (χ4n) is 1.59. The van der Waals surface area contributed by atoms with Gasteiger partial charge in [0.05, 0.1) is 6.33 Å². The van der Waals surface area contributed by atoms with E-state index in [0.717, 1.165) is 12.1 Å². The minimum atomic E-state index is -0.181. The first kappa shape index (κ1) is 10.6. The molecule has 0 aliphatic carbocycles. The lowest BCUT2D eigenvalue weighted by Gasteiger charge is -2.06. The van der Waals surface area contributed by atoms with Gasteiger partial charge in [0.2, 0.25) is 0 Å². The Balaban J connectivity index is 2.22. The Hall–Kier alpha value is -1.87. The SMILES string of the molecule is [O]C/C=C/c1ccccc1Cn1ccnc1. The highest BCUT2D eigenvalue weighted by Crippen LogP contribution is 2.12. The monoisotopic (exact) mass is 213 g/mol. The van der Waals surface area contributed by atoms with Crippen LogP contribution < -0.4 is 0 Å². The van der Waals surface area contributed by atoms with Crippen LogP contribution in [0.1, 0.15) is 11.1 Å². The molecule has 0 spiro atoms. The number of hydrogen-bond donors (Lipinski definition) is 0. The summed E-state index contributed by atoms with van der Waals surface area (Å²) in [5, 5.41) is 10.4. The lowest BCUT2D eigenvalue weighted by molar-refractivity contribution is 0.233. The van der Waals surface area contributed by atoms with Gasteiger partial charge in [0.25, 0.3) is 0 Å². The van der Waals surface area contributed by atoms with Crippen molar-refractivity contribution in [2.24, 2.45) is 0 Å². The normalized spacial score (nSPS) is 11.1. The number of benzene rings is 1. The van der Waals surface area contributed by atoms with Gasteiger partial charge in [0.15, 0.2) is 0 Å². The van der Waals surface area contributed by atoms with E-state index in [1.54, 1.807) is 18.6 Å². The molecule has 0 bridgehead atoms. The van der Waals surface area contributed by atoms with E-state index in [9.17, 15) is 5.11 Å². The molecule has 2 aromatic rings. The van der Waals surface area contributed by atoms with Gasteiger partial charge in [-0.25, -0.2) is 10.1 Å². The van der Waals surface area contributed by atoms with Crippen molar-refractivity contribution in [2.45, 2.75) is 6.54 Å². The van der Waals surface area contributed by atoms with E-state index >= 15 is 0 Å². The minimum Gasteiger partial charge on any atom is -0.333 e. The van der Waals surface area contributed by atoms with E-state index in [-0.39, 0.29) is 6.61 Å². The molecule has 1 aromatic carbocycles. The summed E-state index contributed by atoms with van der Waals surface area (Å²) in [7, 11) is 0. The van der Waals surface area contributed by atoms with Gasteiger partial charge >= 0.3 is 0 Å². The van der Waals surface area contributed by atoms with Crippen molar-refractivity contribution >= 4 is 6.08 Å². The van der Waals surface area contributed by atoms with Crippen molar-refractivity contribution in [3.8, 4) is 0 Å². The van der Waals surface area contributed by atoms with Gasteiger partial charge in [-0.15, -0.1) is 0 Å². The van der Waals surface area contributed by atoms with Crippen LogP contribution in [0.15, 0.2) is 49.1 Å². The van der Waals surface area contributed by atoms with Crippen LogP contribution >= 0.6 is 0 Å². The summed E-state index contributed by atoms with van der Waals surface area (Å²) in [4.78, 5) is 4.01. The van der Waals surface area contributed by atoms with E-state index < -0.39 is 0 Å². The molecule has 16 heavy (non-hydrogen) atoms. The van der Waals surface area contributed by atoms with Crippen LogP contribution in [0.5, 0.6) is 0 Å². The standard InChI is InChI=1S/C13H13N2O/c16-9-3-6-12-4-1-2-5-13(12)10-15-8-7-14-11-15/h1-8,11H,9-10H2/b6-3+. The molecule has 0 saturated heterocycles. The molecule has 0 aliphatic rings. The van der Waals surface area contributed by atoms with Crippen LogP contribution in [-0.4, -0.2) is 16.2 Å². The summed E-state index contributed by atoms with van der Waals surface area (Å²) in [5.74, 6) is 0. The average molecular weight is 213 g/mol. The second kappa shape index (κ2) is 5.28. The molecule has 81 valence electrons. The maximum Gasteiger partial charge on any atom is 0.101 e. The van der Waals surface area contributed by atoms with Crippen LogP contribution in [-0.2, 0) is 11.7 Å². The average Bonchev–Trinajstić information content (AvgIpc) is 2.81. The van der Waals surface area contributed by atoms with Gasteiger partial charge in [-0.3, -0.25) is 0 Å². The molecule has 0 N–H and O–H groups in total. The summed E-state index contributed by atoms with van der Waals surface area (Å²) >= 11 is 0. The first-order chi connectivity index (χ1) is 7.90. The summed E-state index contributed by atoms with van der Waals surface area (Å²) in [6, 6.07) is 8.05. The zero-order valence-corrected chi connectivity index (χ0v) is 8.91. The molecular weight excluding hydrogens is 200 g/mol. The maximum absolute atomic E-state index is 10.4. The third-order valence-corrected chi connectivity index (χ3v) is 2.36. The van der Waals surface area contributed by atoms with Crippen molar-refractivity contribution in [1.82, 2.24) is 9.55 Å². The third-order valence-electron chi connectivity index (χ3n) is 2.36. The Morgan fingerprint density at radius 2 is 2.19 bits per heavy atom. The molecule has 0 unspecified atom stereocenters. The number of nitrogens with zero attached hydrogens (tertiary/aromatic N) is 2. The van der Waals surface area contributed by atoms with Gasteiger partial charge in [-0.2, -0.15) is 0 Å². The highest BCUT2D eigenvalue weighted by atomic mass is 16.2. The van der Waals surface area contributed by atoms with Gasteiger partial charge in [-0.1, -0.05) is 36.4 Å². The Morgan fingerprint density at radius 1 is 1.31 bits per heavy atom. The fraction of sp³-hybridized carbons (Fsp3) is 0.154. The van der Waals surface area contributed by atoms with Gasteiger partial charge in [0, 0.05) is 18.9 Å². The first-order valence-electron chi connectivity index (χ1n) is 5.18. The van der Waals surface area contributed by atoms with Crippen molar-refractivity contribution < 1.29 is 5.11 Å². The van der Waals surface area contributed by atoms with Gasteiger partial charge in [-0.05, 0) is 11.1 Å². The predicted octanol–water partition coefficient (Wildman–Crippen LogP) is 2.38. The highest BCUT2D eigenvalue weighted by molar-refractivity contribution is 5.53.